The summed E-state index contributed by atoms with van der Waals surface area (Å²) in [5, 5.41) is 14.2. The van der Waals surface area contributed by atoms with Crippen LogP contribution in [0.5, 0.6) is 0 Å². The van der Waals surface area contributed by atoms with Crippen LogP contribution in [0.2, 0.25) is 0 Å². The second-order valence-electron chi connectivity index (χ2n) is 7.44. The number of nitrogens with one attached hydrogen (secondary N) is 3. The van der Waals surface area contributed by atoms with Crippen LogP contribution in [0.3, 0.4) is 0 Å². The van der Waals surface area contributed by atoms with Gasteiger partial charge in [0.25, 0.3) is 17.4 Å². The zero-order valence-corrected chi connectivity index (χ0v) is 19.7. The molecule has 34 heavy (non-hydrogen) atoms. The van der Waals surface area contributed by atoms with Crippen LogP contribution < -0.4 is 16.3 Å². The molecule has 3 N–H and O–H groups in total. The van der Waals surface area contributed by atoms with Crippen molar-refractivity contribution in [1.82, 2.24) is 20.9 Å². The molecule has 0 radical (unpaired) electrons. The average molecular weight is 518 g/mol. The second-order valence-corrected chi connectivity index (χ2v) is 8.35. The predicted molar refractivity (Wildman–Crippen MR) is 134 cm³/mol. The Hall–Kier alpha value is -4.11. The lowest BCUT2D eigenvalue weighted by Crippen LogP contribution is -2.40. The Morgan fingerprint density at radius 1 is 0.912 bits per heavy atom. The van der Waals surface area contributed by atoms with Gasteiger partial charge in [0, 0.05) is 15.4 Å². The Morgan fingerprint density at radius 3 is 2.26 bits per heavy atom. The number of carbonyl (C=O) groups excluding carboxylic acids is 2. The van der Waals surface area contributed by atoms with Gasteiger partial charge < -0.3 is 5.32 Å². The van der Waals surface area contributed by atoms with Crippen molar-refractivity contribution in [3.63, 3.8) is 0 Å². The van der Waals surface area contributed by atoms with E-state index in [2.05, 4.69) is 42.0 Å². The molecule has 3 aromatic carbocycles. The molecule has 9 heteroatoms. The van der Waals surface area contributed by atoms with Gasteiger partial charge in [-0.1, -0.05) is 64.5 Å². The van der Waals surface area contributed by atoms with E-state index in [0.717, 1.165) is 10.0 Å². The summed E-state index contributed by atoms with van der Waals surface area (Å²) in [4.78, 5) is 38.4. The van der Waals surface area contributed by atoms with E-state index in [-0.39, 0.29) is 5.69 Å². The fourth-order valence-electron chi connectivity index (χ4n) is 3.38. The number of aromatic amines is 1. The number of rotatable bonds is 6. The molecule has 0 aliphatic carbocycles. The first-order valence-corrected chi connectivity index (χ1v) is 11.2. The molecule has 0 fully saturated rings. The maximum atomic E-state index is 13.3. The lowest BCUT2D eigenvalue weighted by atomic mass is 10.0. The number of aromatic nitrogens is 2. The van der Waals surface area contributed by atoms with E-state index in [9.17, 15) is 14.4 Å². The highest BCUT2D eigenvalue weighted by Gasteiger charge is 2.27. The molecule has 4 rings (SSSR count). The largest absolute Gasteiger partial charge is 0.335 e. The topological polar surface area (TPSA) is 116 Å². The van der Waals surface area contributed by atoms with Crippen molar-refractivity contribution in [3.8, 4) is 0 Å². The predicted octanol–water partition coefficient (Wildman–Crippen LogP) is 3.70. The highest BCUT2D eigenvalue weighted by Crippen LogP contribution is 2.20. The Bertz CT molecular complexity index is 1430. The molecule has 2 amide bonds. The van der Waals surface area contributed by atoms with Crippen molar-refractivity contribution < 1.29 is 9.59 Å². The van der Waals surface area contributed by atoms with E-state index in [4.69, 9.17) is 0 Å². The number of nitrogens with zero attached hydrogens (tertiary/aromatic N) is 2. The van der Waals surface area contributed by atoms with Gasteiger partial charge in [-0.2, -0.15) is 10.2 Å². The van der Waals surface area contributed by atoms with Crippen LogP contribution >= 0.6 is 15.9 Å². The fourth-order valence-corrected chi connectivity index (χ4v) is 3.64. The van der Waals surface area contributed by atoms with Crippen LogP contribution in [-0.2, 0) is 4.79 Å². The molecule has 0 spiro atoms. The van der Waals surface area contributed by atoms with Crippen molar-refractivity contribution in [2.45, 2.75) is 13.0 Å². The number of halogens is 1. The SMILES string of the molecule is C/C(=N\NC(=O)C(NC(=O)c1ccccc1)c1n[nH]c(=O)c2ccccc12)c1ccc(Br)cc1. The van der Waals surface area contributed by atoms with Crippen LogP contribution in [-0.4, -0.2) is 27.7 Å². The summed E-state index contributed by atoms with van der Waals surface area (Å²) >= 11 is 3.39. The van der Waals surface area contributed by atoms with Crippen molar-refractivity contribution in [3.05, 3.63) is 111 Å². The van der Waals surface area contributed by atoms with Gasteiger partial charge in [0.2, 0.25) is 0 Å². The molecule has 0 aliphatic heterocycles. The van der Waals surface area contributed by atoms with Crippen molar-refractivity contribution in [2.75, 3.05) is 0 Å². The molecule has 1 atom stereocenters. The van der Waals surface area contributed by atoms with E-state index in [1.807, 2.05) is 24.3 Å². The van der Waals surface area contributed by atoms with Crippen LogP contribution in [0.1, 0.15) is 34.6 Å². The smallest absolute Gasteiger partial charge is 0.272 e. The number of hydrogen-bond acceptors (Lipinski definition) is 5. The Kier molecular flexibility index (Phi) is 6.93. The summed E-state index contributed by atoms with van der Waals surface area (Å²) in [6.07, 6.45) is 0. The van der Waals surface area contributed by atoms with Crippen molar-refractivity contribution >= 4 is 44.2 Å². The molecular formula is C25H20BrN5O3. The number of hydrogen-bond donors (Lipinski definition) is 3. The van der Waals surface area contributed by atoms with Gasteiger partial charge in [-0.3, -0.25) is 14.4 Å². The minimum Gasteiger partial charge on any atom is -0.335 e. The molecule has 1 aromatic heterocycles. The molecule has 0 saturated carbocycles. The quantitative estimate of drug-likeness (QED) is 0.267. The summed E-state index contributed by atoms with van der Waals surface area (Å²) in [6.45, 7) is 1.76. The number of hydrazone groups is 1. The summed E-state index contributed by atoms with van der Waals surface area (Å²) in [6, 6.07) is 21.5. The average Bonchev–Trinajstić information content (AvgIpc) is 2.87. The van der Waals surface area contributed by atoms with Crippen LogP contribution in [0, 0.1) is 0 Å². The highest BCUT2D eigenvalue weighted by molar-refractivity contribution is 9.10. The molecule has 0 bridgehead atoms. The number of fused-ring (bicyclic) bond motifs is 1. The van der Waals surface area contributed by atoms with E-state index in [0.29, 0.717) is 22.0 Å². The molecule has 1 unspecified atom stereocenters. The summed E-state index contributed by atoms with van der Waals surface area (Å²) in [5.41, 5.74) is 4.11. The first kappa shape index (κ1) is 23.1. The molecule has 170 valence electrons. The van der Waals surface area contributed by atoms with Gasteiger partial charge in [-0.25, -0.2) is 10.5 Å². The molecular weight excluding hydrogens is 498 g/mol. The maximum absolute atomic E-state index is 13.3. The van der Waals surface area contributed by atoms with Gasteiger partial charge in [0.1, 0.15) is 5.69 Å². The Morgan fingerprint density at radius 2 is 1.56 bits per heavy atom. The Labute approximate surface area is 203 Å². The van der Waals surface area contributed by atoms with Gasteiger partial charge in [-0.15, -0.1) is 0 Å². The molecule has 0 aliphatic rings. The lowest BCUT2D eigenvalue weighted by Gasteiger charge is -2.18. The van der Waals surface area contributed by atoms with Crippen LogP contribution in [0.15, 0.2) is 93.2 Å². The summed E-state index contributed by atoms with van der Waals surface area (Å²) in [7, 11) is 0. The first-order chi connectivity index (χ1) is 16.4. The van der Waals surface area contributed by atoms with E-state index in [1.54, 1.807) is 61.5 Å². The summed E-state index contributed by atoms with van der Waals surface area (Å²) < 4.78 is 0.924. The van der Waals surface area contributed by atoms with E-state index < -0.39 is 23.4 Å². The van der Waals surface area contributed by atoms with Crippen molar-refractivity contribution in [1.29, 1.82) is 0 Å². The van der Waals surface area contributed by atoms with E-state index in [1.165, 1.54) is 0 Å². The van der Waals surface area contributed by atoms with E-state index >= 15 is 0 Å². The normalized spacial score (nSPS) is 12.2. The monoisotopic (exact) mass is 517 g/mol. The van der Waals surface area contributed by atoms with Crippen molar-refractivity contribution in [2.24, 2.45) is 5.10 Å². The fraction of sp³-hybridized carbons (Fsp3) is 0.0800. The minimum absolute atomic E-state index is 0.202. The summed E-state index contributed by atoms with van der Waals surface area (Å²) in [5.74, 6) is -1.07. The minimum atomic E-state index is -1.21. The zero-order chi connectivity index (χ0) is 24.1. The molecule has 4 aromatic rings. The highest BCUT2D eigenvalue weighted by atomic mass is 79.9. The molecule has 1 heterocycles. The van der Waals surface area contributed by atoms with Gasteiger partial charge >= 0.3 is 0 Å². The molecule has 0 saturated heterocycles. The number of H-pyrrole nitrogens is 1. The third-order valence-electron chi connectivity index (χ3n) is 5.17. The Balaban J connectivity index is 1.69. The zero-order valence-electron chi connectivity index (χ0n) is 18.1. The number of benzene rings is 3. The third-order valence-corrected chi connectivity index (χ3v) is 5.70. The van der Waals surface area contributed by atoms with Crippen LogP contribution in [0.25, 0.3) is 10.8 Å². The second kappa shape index (κ2) is 10.2. The first-order valence-electron chi connectivity index (χ1n) is 10.4. The van der Waals surface area contributed by atoms with Gasteiger partial charge in [0.15, 0.2) is 6.04 Å². The van der Waals surface area contributed by atoms with Gasteiger partial charge in [0.05, 0.1) is 11.1 Å². The molecule has 8 nitrogen and oxygen atoms in total. The lowest BCUT2D eigenvalue weighted by molar-refractivity contribution is -0.123. The number of amides is 2. The van der Waals surface area contributed by atoms with Crippen LogP contribution in [0.4, 0.5) is 0 Å². The number of carbonyl (C=O) groups is 2. The standard InChI is InChI=1S/C25H20BrN5O3/c1-15(16-11-13-18(26)14-12-16)28-31-25(34)22(27-23(32)17-7-3-2-4-8-17)21-19-9-5-6-10-20(19)24(33)30-29-21/h2-14,22H,1H3,(H,27,32)(H,30,33)(H,31,34)/b28-15+. The van der Waals surface area contributed by atoms with Gasteiger partial charge in [-0.05, 0) is 42.8 Å². The maximum Gasteiger partial charge on any atom is 0.272 e. The third kappa shape index (κ3) is 5.10.